The third-order valence-electron chi connectivity index (χ3n) is 1.40. The molecule has 0 N–H and O–H groups in total. The number of hydrogen-bond acceptors (Lipinski definition) is 2. The van der Waals surface area contributed by atoms with Crippen LogP contribution in [0.4, 0.5) is 0 Å². The van der Waals surface area contributed by atoms with E-state index in [0.29, 0.717) is 0 Å². The summed E-state index contributed by atoms with van der Waals surface area (Å²) >= 11 is 0. The van der Waals surface area contributed by atoms with Crippen LogP contribution in [-0.4, -0.2) is 27.4 Å². The lowest BCUT2D eigenvalue weighted by Gasteiger charge is -1.89. The van der Waals surface area contributed by atoms with Crippen molar-refractivity contribution in [2.24, 2.45) is 0 Å². The molecule has 172 valence electrons. The van der Waals surface area contributed by atoms with Crippen LogP contribution >= 0.6 is 0 Å². The Morgan fingerprint density at radius 1 is 0.583 bits per heavy atom. The van der Waals surface area contributed by atoms with Gasteiger partial charge in [-0.15, -0.1) is 0 Å². The first-order chi connectivity index (χ1) is 9.83. The van der Waals surface area contributed by atoms with Crippen LogP contribution in [0.2, 0.25) is 0 Å². The second-order valence-electron chi connectivity index (χ2n) is 2.69. The summed E-state index contributed by atoms with van der Waals surface area (Å²) in [5.41, 5.74) is 0. The molecule has 0 aromatic rings. The molecule has 0 aliphatic heterocycles. The molecule has 0 spiro atoms. The third kappa shape index (κ3) is 274. The summed E-state index contributed by atoms with van der Waals surface area (Å²) in [4.78, 5) is 0. The monoisotopic (exact) mass is 373 g/mol. The summed E-state index contributed by atoms with van der Waals surface area (Å²) in [6.07, 6.45) is 4.84. The molecule has 0 bridgehead atoms. The van der Waals surface area contributed by atoms with Gasteiger partial charge < -0.3 is 9.47 Å². The predicted molar refractivity (Wildman–Crippen MR) is 134 cm³/mol. The Morgan fingerprint density at radius 3 is 0.792 bits per heavy atom. The molecule has 0 atom stereocenters. The van der Waals surface area contributed by atoms with Crippen molar-refractivity contribution in [2.75, 3.05) is 27.4 Å². The zero-order valence-corrected chi connectivity index (χ0v) is 15.1. The minimum atomic E-state index is 0. The van der Waals surface area contributed by atoms with E-state index >= 15 is 0 Å². The van der Waals surface area contributed by atoms with Gasteiger partial charge in [0.1, 0.15) is 0 Å². The van der Waals surface area contributed by atoms with Gasteiger partial charge in [0.05, 0.1) is 0 Å². The van der Waals surface area contributed by atoms with Crippen molar-refractivity contribution < 1.29 is 15.1 Å². The van der Waals surface area contributed by atoms with Gasteiger partial charge in [-0.05, 0) is 12.8 Å². The van der Waals surface area contributed by atoms with E-state index in [1.165, 1.54) is 40.5 Å². The fourth-order valence-corrected chi connectivity index (χ4v) is 0.577. The summed E-state index contributed by atoms with van der Waals surface area (Å²) in [5.74, 6) is 0. The zero-order valence-electron chi connectivity index (χ0n) is 17.1. The van der Waals surface area contributed by atoms with Crippen molar-refractivity contribution in [3.05, 3.63) is 0 Å². The second kappa shape index (κ2) is 176. The first kappa shape index (κ1) is 64.9. The second-order valence-corrected chi connectivity index (χ2v) is 2.69. The predicted octanol–water partition coefficient (Wildman–Crippen LogP) is 10.5. The van der Waals surface area contributed by atoms with Crippen molar-refractivity contribution in [2.45, 2.75) is 127 Å². The number of hydrogen-bond donors (Lipinski definition) is 0. The molecule has 0 aliphatic carbocycles. The van der Waals surface area contributed by atoms with E-state index in [1.54, 1.807) is 14.2 Å². The molecule has 0 aromatic heterocycles. The lowest BCUT2D eigenvalue weighted by Crippen LogP contribution is -1.84. The lowest BCUT2D eigenvalue weighted by atomic mass is 10.4. The van der Waals surface area contributed by atoms with Crippen LogP contribution < -0.4 is 0 Å². The van der Waals surface area contributed by atoms with E-state index in [9.17, 15) is 0 Å². The molecule has 0 fully saturated rings. The SMILES string of the molecule is C.C.C.C.C.C.CC.CC.CCCCOC.CCCCOC.[2HH].[2HH].[2H]C.[2H]C. The van der Waals surface area contributed by atoms with Gasteiger partial charge in [0.25, 0.3) is 0 Å². The van der Waals surface area contributed by atoms with Gasteiger partial charge in [-0.25, -0.2) is 0 Å². The van der Waals surface area contributed by atoms with E-state index in [2.05, 4.69) is 13.8 Å². The molecule has 0 unspecified atom stereocenters. The molecular weight excluding hydrogens is 296 g/mol. The third-order valence-corrected chi connectivity index (χ3v) is 1.40. The van der Waals surface area contributed by atoms with Crippen molar-refractivity contribution in [1.29, 1.82) is 0 Å². The Hall–Kier alpha value is -0.0800. The Bertz CT molecular complexity index is 58.5. The Kier molecular flexibility index (Phi) is 474. The molecule has 2 heteroatoms. The highest BCUT2D eigenvalue weighted by Gasteiger charge is 1.75. The summed E-state index contributed by atoms with van der Waals surface area (Å²) < 4.78 is 21.1. The molecular formula is C22H72O2. The number of ether oxygens (including phenoxy) is 2. The van der Waals surface area contributed by atoms with E-state index in [-0.39, 0.29) is 47.4 Å². The Balaban J connectivity index is -0.00000000710. The maximum atomic E-state index is 5.75. The Morgan fingerprint density at radius 2 is 0.750 bits per heavy atom. The maximum absolute atomic E-state index is 5.75. The van der Waals surface area contributed by atoms with Crippen LogP contribution in [0.3, 0.4) is 0 Å². The molecule has 0 radical (unpaired) electrons. The lowest BCUT2D eigenvalue weighted by molar-refractivity contribution is 0.194. The van der Waals surface area contributed by atoms with Crippen molar-refractivity contribution in [3.63, 3.8) is 0 Å². The van der Waals surface area contributed by atoms with E-state index in [4.69, 9.17) is 12.2 Å². The molecule has 0 rings (SSSR count). The smallest absolute Gasteiger partial charge is 0.0462 e. The molecule has 0 heterocycles. The molecule has 0 aliphatic rings. The van der Waals surface area contributed by atoms with E-state index in [1.807, 2.05) is 27.7 Å². The molecule has 0 saturated carbocycles. The molecule has 0 aromatic carbocycles. The maximum Gasteiger partial charge on any atom is 0.0462 e. The van der Waals surface area contributed by atoms with E-state index < -0.39 is 0 Å². The van der Waals surface area contributed by atoms with Crippen LogP contribution in [0.1, 0.15) is 132 Å². The van der Waals surface area contributed by atoms with Crippen molar-refractivity contribution in [1.82, 2.24) is 0 Å². The van der Waals surface area contributed by atoms with Crippen LogP contribution in [0.5, 0.6) is 0 Å². The summed E-state index contributed by atoms with van der Waals surface area (Å²) in [6, 6.07) is 0. The summed E-state index contributed by atoms with van der Waals surface area (Å²) in [6.45, 7) is 14.1. The fourth-order valence-electron chi connectivity index (χ4n) is 0.577. The van der Waals surface area contributed by atoms with Gasteiger partial charge in [-0.3, -0.25) is 0 Å². The largest absolute Gasteiger partial charge is 0.385 e. The number of methoxy groups -OCH3 is 2. The minimum absolute atomic E-state index is 0. The highest BCUT2D eigenvalue weighted by molar-refractivity contribution is 4.26. The fraction of sp³-hybridized carbons (Fsp3) is 1.00. The van der Waals surface area contributed by atoms with Crippen LogP contribution in [0.15, 0.2) is 0 Å². The van der Waals surface area contributed by atoms with Gasteiger partial charge in [0.2, 0.25) is 0 Å². The van der Waals surface area contributed by atoms with Crippen molar-refractivity contribution in [3.8, 4) is 0 Å². The minimum Gasteiger partial charge on any atom is -0.385 e. The van der Waals surface area contributed by atoms with E-state index in [0.717, 1.165) is 13.2 Å². The first-order valence-electron chi connectivity index (χ1n) is 8.81. The van der Waals surface area contributed by atoms with Crippen LogP contribution in [0, 0.1) is 0 Å². The van der Waals surface area contributed by atoms with Gasteiger partial charge >= 0.3 is 0 Å². The molecule has 0 saturated heterocycles. The average Bonchev–Trinajstić information content (AvgIpc) is 2.59. The van der Waals surface area contributed by atoms with Crippen molar-refractivity contribution >= 4 is 0 Å². The zero-order chi connectivity index (χ0) is 17.7. The van der Waals surface area contributed by atoms with Gasteiger partial charge in [-0.1, -0.05) is 114 Å². The molecule has 2 nitrogen and oxygen atoms in total. The quantitative estimate of drug-likeness (QED) is 0.431. The highest BCUT2D eigenvalue weighted by atomic mass is 16.5. The Labute approximate surface area is 169 Å². The van der Waals surface area contributed by atoms with Gasteiger partial charge in [0.15, 0.2) is 0 Å². The summed E-state index contributed by atoms with van der Waals surface area (Å²) in [5, 5.41) is 0. The van der Waals surface area contributed by atoms with Crippen LogP contribution in [0.25, 0.3) is 0 Å². The van der Waals surface area contributed by atoms with Gasteiger partial charge in [-0.2, -0.15) is 0 Å². The van der Waals surface area contributed by atoms with Crippen LogP contribution in [-0.2, 0) is 9.47 Å². The standard InChI is InChI=1S/2C5H12O.2C2H6.8CH4.2H2/c2*1-3-4-5-6-2;2*1-2;;;;;;;;;;/h2*3-5H2,1-2H3;2*1-2H3;8*1H4;2*1H/i;;;;2*1D;;;;;;;2*1+1. The topological polar surface area (TPSA) is 18.5 Å². The average molecular weight is 373 g/mol. The molecule has 24 heavy (non-hydrogen) atoms. The normalized spacial score (nSPS) is 5.58. The van der Waals surface area contributed by atoms with Gasteiger partial charge in [0, 0.05) is 33.0 Å². The number of rotatable bonds is 6. The summed E-state index contributed by atoms with van der Waals surface area (Å²) in [7, 11) is 5.96. The highest BCUT2D eigenvalue weighted by Crippen LogP contribution is 1.83. The first-order valence-corrected chi connectivity index (χ1v) is 6.81. The molecule has 0 amide bonds. The number of unbranched alkanes of at least 4 members (excludes halogenated alkanes) is 2.